The minimum absolute atomic E-state index is 0.104. The summed E-state index contributed by atoms with van der Waals surface area (Å²) in [6.07, 6.45) is 0. The number of nitrogens with one attached hydrogen (secondary N) is 1. The number of rotatable bonds is 7. The molecule has 2 aromatic rings. The van der Waals surface area contributed by atoms with E-state index in [-0.39, 0.29) is 12.5 Å². The van der Waals surface area contributed by atoms with Crippen LogP contribution in [0.3, 0.4) is 0 Å². The van der Waals surface area contributed by atoms with Crippen molar-refractivity contribution in [2.24, 2.45) is 5.92 Å². The second-order valence-corrected chi connectivity index (χ2v) is 6.59. The Balaban J connectivity index is 2.04. The average Bonchev–Trinajstić information content (AvgIpc) is 2.69. The lowest BCUT2D eigenvalue weighted by atomic mass is 10.0. The lowest BCUT2D eigenvalue weighted by Crippen LogP contribution is -2.45. The van der Waals surface area contributed by atoms with E-state index in [0.29, 0.717) is 11.1 Å². The topological polar surface area (TPSA) is 81.7 Å². The number of benzene rings is 2. The van der Waals surface area contributed by atoms with Crippen LogP contribution in [0.25, 0.3) is 0 Å². The molecule has 0 radical (unpaired) electrons. The molecule has 0 saturated heterocycles. The van der Waals surface area contributed by atoms with Crippen LogP contribution in [0.5, 0.6) is 0 Å². The lowest BCUT2D eigenvalue weighted by Gasteiger charge is -2.21. The molecule has 0 bridgehead atoms. The number of amides is 1. The van der Waals surface area contributed by atoms with Gasteiger partial charge >= 0.3 is 11.9 Å². The highest BCUT2D eigenvalue weighted by Crippen LogP contribution is 2.14. The summed E-state index contributed by atoms with van der Waals surface area (Å²) in [5.41, 5.74) is 0.200. The predicted molar refractivity (Wildman–Crippen MR) is 100 cm³/mol. The summed E-state index contributed by atoms with van der Waals surface area (Å²) in [5, 5.41) is 2.33. The van der Waals surface area contributed by atoms with Crippen LogP contribution in [-0.4, -0.2) is 31.0 Å². The van der Waals surface area contributed by atoms with Gasteiger partial charge in [-0.1, -0.05) is 32.0 Å². The fourth-order valence-corrected chi connectivity index (χ4v) is 2.53. The number of hydrogen-bond donors (Lipinski definition) is 1. The molecule has 154 valence electrons. The molecule has 1 atom stereocenters. The average molecular weight is 405 g/mol. The van der Waals surface area contributed by atoms with Gasteiger partial charge in [-0.3, -0.25) is 4.79 Å². The number of methoxy groups -OCH3 is 1. The van der Waals surface area contributed by atoms with Gasteiger partial charge in [0.1, 0.15) is 29.8 Å². The number of carbonyl (C=O) groups is 3. The summed E-state index contributed by atoms with van der Waals surface area (Å²) in [6.45, 7) is 3.22. The zero-order valence-electron chi connectivity index (χ0n) is 16.2. The van der Waals surface area contributed by atoms with Crippen LogP contribution in [0.2, 0.25) is 0 Å². The minimum atomic E-state index is -1.10. The first-order chi connectivity index (χ1) is 13.7. The van der Waals surface area contributed by atoms with E-state index >= 15 is 0 Å². The van der Waals surface area contributed by atoms with Crippen molar-refractivity contribution >= 4 is 17.8 Å². The Morgan fingerprint density at radius 3 is 2.10 bits per heavy atom. The molecule has 29 heavy (non-hydrogen) atoms. The van der Waals surface area contributed by atoms with Gasteiger partial charge in [0.05, 0.1) is 12.7 Å². The standard InChI is InChI=1S/C21H21F2NO5/c1-12(2)18(24-19(25)17-15(22)5-4-6-16(17)23)21(27)29-11-13-7-9-14(10-8-13)20(26)28-3/h4-10,12,18H,11H2,1-3H3,(H,24,25)/t18-/m0/s1. The summed E-state index contributed by atoms with van der Waals surface area (Å²) >= 11 is 0. The maximum Gasteiger partial charge on any atom is 0.337 e. The fraction of sp³-hybridized carbons (Fsp3) is 0.286. The first kappa shape index (κ1) is 22.0. The van der Waals surface area contributed by atoms with Crippen LogP contribution < -0.4 is 5.32 Å². The zero-order valence-corrected chi connectivity index (χ0v) is 16.2. The monoisotopic (exact) mass is 405 g/mol. The van der Waals surface area contributed by atoms with Crippen LogP contribution in [0.4, 0.5) is 8.78 Å². The fourth-order valence-electron chi connectivity index (χ4n) is 2.53. The van der Waals surface area contributed by atoms with E-state index in [1.54, 1.807) is 26.0 Å². The maximum atomic E-state index is 13.8. The molecule has 0 aliphatic carbocycles. The molecular formula is C21H21F2NO5. The van der Waals surface area contributed by atoms with Crippen LogP contribution in [0, 0.1) is 17.6 Å². The van der Waals surface area contributed by atoms with Crippen molar-refractivity contribution in [1.29, 1.82) is 0 Å². The summed E-state index contributed by atoms with van der Waals surface area (Å²) < 4.78 is 37.4. The highest BCUT2D eigenvalue weighted by Gasteiger charge is 2.28. The summed E-state index contributed by atoms with van der Waals surface area (Å²) in [5.74, 6) is -4.71. The quantitative estimate of drug-likeness (QED) is 0.715. The van der Waals surface area contributed by atoms with Gasteiger partial charge in [0, 0.05) is 0 Å². The van der Waals surface area contributed by atoms with Gasteiger partial charge in [-0.25, -0.2) is 18.4 Å². The molecule has 0 spiro atoms. The number of hydrogen-bond acceptors (Lipinski definition) is 5. The highest BCUT2D eigenvalue weighted by molar-refractivity contribution is 5.97. The smallest absolute Gasteiger partial charge is 0.337 e. The summed E-state index contributed by atoms with van der Waals surface area (Å²) in [7, 11) is 1.27. The Bertz CT molecular complexity index is 876. The van der Waals surface area contributed by atoms with E-state index in [0.717, 1.165) is 18.2 Å². The molecule has 2 aromatic carbocycles. The molecule has 0 aliphatic heterocycles. The van der Waals surface area contributed by atoms with Crippen molar-refractivity contribution in [2.75, 3.05) is 7.11 Å². The van der Waals surface area contributed by atoms with E-state index in [1.807, 2.05) is 0 Å². The second kappa shape index (κ2) is 9.77. The van der Waals surface area contributed by atoms with Crippen LogP contribution in [0.1, 0.15) is 40.1 Å². The van der Waals surface area contributed by atoms with E-state index < -0.39 is 41.1 Å². The molecule has 0 unspecified atom stereocenters. The highest BCUT2D eigenvalue weighted by atomic mass is 19.1. The summed E-state index contributed by atoms with van der Waals surface area (Å²) in [6, 6.07) is 8.19. The number of halogens is 2. The maximum absolute atomic E-state index is 13.8. The Hall–Kier alpha value is -3.29. The van der Waals surface area contributed by atoms with Gasteiger partial charge in [-0.2, -0.15) is 0 Å². The third kappa shape index (κ3) is 5.60. The largest absolute Gasteiger partial charge is 0.465 e. The molecule has 8 heteroatoms. The molecule has 0 saturated carbocycles. The third-order valence-corrected chi connectivity index (χ3v) is 4.15. The normalized spacial score (nSPS) is 11.7. The molecular weight excluding hydrogens is 384 g/mol. The van der Waals surface area contributed by atoms with Gasteiger partial charge in [-0.15, -0.1) is 0 Å². The first-order valence-corrected chi connectivity index (χ1v) is 8.83. The Kier molecular flexibility index (Phi) is 7.41. The van der Waals surface area contributed by atoms with Crippen molar-refractivity contribution in [1.82, 2.24) is 5.32 Å². The van der Waals surface area contributed by atoms with Crippen molar-refractivity contribution in [3.63, 3.8) is 0 Å². The van der Waals surface area contributed by atoms with Gasteiger partial charge < -0.3 is 14.8 Å². The van der Waals surface area contributed by atoms with E-state index in [9.17, 15) is 23.2 Å². The van der Waals surface area contributed by atoms with Crippen molar-refractivity contribution in [3.8, 4) is 0 Å². The second-order valence-electron chi connectivity index (χ2n) is 6.59. The van der Waals surface area contributed by atoms with E-state index in [2.05, 4.69) is 10.1 Å². The SMILES string of the molecule is COC(=O)c1ccc(COC(=O)[C@@H](NC(=O)c2c(F)cccc2F)C(C)C)cc1. The Morgan fingerprint density at radius 2 is 1.59 bits per heavy atom. The predicted octanol–water partition coefficient (Wildman–Crippen LogP) is 3.25. The van der Waals surface area contributed by atoms with Gasteiger partial charge in [0.15, 0.2) is 0 Å². The van der Waals surface area contributed by atoms with Crippen LogP contribution >= 0.6 is 0 Å². The van der Waals surface area contributed by atoms with E-state index in [4.69, 9.17) is 4.74 Å². The van der Waals surface area contributed by atoms with E-state index in [1.165, 1.54) is 19.2 Å². The number of esters is 2. The van der Waals surface area contributed by atoms with Crippen LogP contribution in [0.15, 0.2) is 42.5 Å². The van der Waals surface area contributed by atoms with Gasteiger partial charge in [0.2, 0.25) is 0 Å². The lowest BCUT2D eigenvalue weighted by molar-refractivity contribution is -0.148. The molecule has 0 heterocycles. The third-order valence-electron chi connectivity index (χ3n) is 4.15. The summed E-state index contributed by atoms with van der Waals surface area (Å²) in [4.78, 5) is 36.1. The molecule has 0 fully saturated rings. The minimum Gasteiger partial charge on any atom is -0.465 e. The molecule has 0 aliphatic rings. The Morgan fingerprint density at radius 1 is 1.00 bits per heavy atom. The molecule has 0 aromatic heterocycles. The van der Waals surface area contributed by atoms with Crippen LogP contribution in [-0.2, 0) is 20.9 Å². The molecule has 1 N–H and O–H groups in total. The molecule has 6 nitrogen and oxygen atoms in total. The zero-order chi connectivity index (χ0) is 21.6. The molecule has 1 amide bonds. The van der Waals surface area contributed by atoms with Crippen molar-refractivity contribution in [2.45, 2.75) is 26.5 Å². The van der Waals surface area contributed by atoms with Crippen molar-refractivity contribution in [3.05, 3.63) is 70.8 Å². The van der Waals surface area contributed by atoms with Crippen molar-refractivity contribution < 1.29 is 32.6 Å². The number of carbonyl (C=O) groups excluding carboxylic acids is 3. The first-order valence-electron chi connectivity index (χ1n) is 8.83. The number of ether oxygens (including phenoxy) is 2. The molecule has 2 rings (SSSR count). The Labute approximate surface area is 166 Å². The van der Waals surface area contributed by atoms with Gasteiger partial charge in [0.25, 0.3) is 5.91 Å². The van der Waals surface area contributed by atoms with Gasteiger partial charge in [-0.05, 0) is 35.7 Å².